The van der Waals surface area contributed by atoms with Gasteiger partial charge in [0, 0.05) is 15.8 Å². The first-order valence-corrected chi connectivity index (χ1v) is 9.76. The van der Waals surface area contributed by atoms with Crippen LogP contribution in [0.25, 0.3) is 21.6 Å². The monoisotopic (exact) mass is 384 g/mol. The smallest absolute Gasteiger partial charge is 0.237 e. The Balaban J connectivity index is 1.55. The molecule has 0 aliphatic rings. The van der Waals surface area contributed by atoms with Crippen molar-refractivity contribution in [2.75, 3.05) is 7.11 Å². The second-order valence-electron chi connectivity index (χ2n) is 5.67. The fourth-order valence-electron chi connectivity index (χ4n) is 2.58. The quantitative estimate of drug-likeness (QED) is 0.366. The molecule has 4 rings (SSSR count). The van der Waals surface area contributed by atoms with E-state index < -0.39 is 0 Å². The molecule has 4 aromatic rings. The summed E-state index contributed by atoms with van der Waals surface area (Å²) in [5, 5.41) is 6.13. The summed E-state index contributed by atoms with van der Waals surface area (Å²) < 4.78 is 10.6. The van der Waals surface area contributed by atoms with Gasteiger partial charge < -0.3 is 9.26 Å². The van der Waals surface area contributed by atoms with Crippen molar-refractivity contribution in [2.45, 2.75) is 24.6 Å². The Morgan fingerprint density at radius 2 is 2.12 bits per heavy atom. The number of hydrogen-bond donors (Lipinski definition) is 0. The minimum Gasteiger partial charge on any atom is -0.497 e. The van der Waals surface area contributed by atoms with Crippen molar-refractivity contribution in [2.24, 2.45) is 0 Å². The summed E-state index contributed by atoms with van der Waals surface area (Å²) in [7, 11) is 1.63. The molecule has 0 radical (unpaired) electrons. The van der Waals surface area contributed by atoms with E-state index in [2.05, 4.69) is 34.0 Å². The van der Waals surface area contributed by atoms with Gasteiger partial charge in [-0.1, -0.05) is 29.1 Å². The van der Waals surface area contributed by atoms with Crippen LogP contribution in [-0.2, 0) is 5.75 Å². The van der Waals surface area contributed by atoms with Gasteiger partial charge in [0.25, 0.3) is 0 Å². The predicted molar refractivity (Wildman–Crippen MR) is 103 cm³/mol. The van der Waals surface area contributed by atoms with E-state index in [-0.39, 0.29) is 0 Å². The van der Waals surface area contributed by atoms with Crippen molar-refractivity contribution in [1.82, 2.24) is 20.1 Å². The standard InChI is InChI=1S/C18H16N4O2S2/c1-10-11(2)26-18-15(10)17(19-9-20-18)25-8-14-21-16(22-24-14)12-5-4-6-13(7-12)23-3/h4-7,9H,8H2,1-3H3. The molecule has 0 atom stereocenters. The molecule has 3 aromatic heterocycles. The zero-order valence-electron chi connectivity index (χ0n) is 14.5. The molecule has 0 bridgehead atoms. The van der Waals surface area contributed by atoms with Crippen LogP contribution < -0.4 is 4.74 Å². The van der Waals surface area contributed by atoms with Gasteiger partial charge in [-0.25, -0.2) is 9.97 Å². The molecule has 8 heteroatoms. The molecule has 0 saturated heterocycles. The first kappa shape index (κ1) is 17.0. The second kappa shape index (κ2) is 7.05. The van der Waals surface area contributed by atoms with Crippen LogP contribution in [0.2, 0.25) is 0 Å². The van der Waals surface area contributed by atoms with Gasteiger partial charge >= 0.3 is 0 Å². The van der Waals surface area contributed by atoms with E-state index in [4.69, 9.17) is 9.26 Å². The molecule has 0 aliphatic heterocycles. The lowest BCUT2D eigenvalue weighted by Crippen LogP contribution is -1.88. The fourth-order valence-corrected chi connectivity index (χ4v) is 4.54. The number of hydrogen-bond acceptors (Lipinski definition) is 8. The minimum absolute atomic E-state index is 0.551. The van der Waals surface area contributed by atoms with Gasteiger partial charge in [-0.05, 0) is 31.5 Å². The summed E-state index contributed by atoms with van der Waals surface area (Å²) in [5.41, 5.74) is 2.09. The van der Waals surface area contributed by atoms with Crippen LogP contribution in [0.4, 0.5) is 0 Å². The third kappa shape index (κ3) is 3.17. The number of rotatable bonds is 5. The maximum Gasteiger partial charge on any atom is 0.237 e. The molecule has 0 N–H and O–H groups in total. The van der Waals surface area contributed by atoms with E-state index >= 15 is 0 Å². The van der Waals surface area contributed by atoms with Crippen molar-refractivity contribution < 1.29 is 9.26 Å². The Labute approximate surface area is 158 Å². The topological polar surface area (TPSA) is 73.9 Å². The van der Waals surface area contributed by atoms with E-state index in [9.17, 15) is 0 Å². The van der Waals surface area contributed by atoms with E-state index in [1.807, 2.05) is 24.3 Å². The maximum atomic E-state index is 5.40. The molecule has 132 valence electrons. The van der Waals surface area contributed by atoms with Gasteiger partial charge in [-0.3, -0.25) is 0 Å². The molecule has 1 aromatic carbocycles. The van der Waals surface area contributed by atoms with E-state index in [0.29, 0.717) is 17.5 Å². The third-order valence-electron chi connectivity index (χ3n) is 4.06. The first-order valence-electron chi connectivity index (χ1n) is 7.96. The number of benzene rings is 1. The Morgan fingerprint density at radius 1 is 1.23 bits per heavy atom. The molecular weight excluding hydrogens is 368 g/mol. The largest absolute Gasteiger partial charge is 0.497 e. The van der Waals surface area contributed by atoms with Gasteiger partial charge in [-0.15, -0.1) is 11.3 Å². The van der Waals surface area contributed by atoms with Crippen molar-refractivity contribution in [3.8, 4) is 17.1 Å². The van der Waals surface area contributed by atoms with Crippen LogP contribution in [0.5, 0.6) is 5.75 Å². The summed E-state index contributed by atoms with van der Waals surface area (Å²) in [4.78, 5) is 15.6. The minimum atomic E-state index is 0.551. The van der Waals surface area contributed by atoms with Gasteiger partial charge in [0.05, 0.1) is 12.9 Å². The third-order valence-corrected chi connectivity index (χ3v) is 6.15. The molecule has 0 spiro atoms. The summed E-state index contributed by atoms with van der Waals surface area (Å²) in [5.74, 6) is 2.42. The van der Waals surface area contributed by atoms with Crippen LogP contribution in [-0.4, -0.2) is 27.2 Å². The van der Waals surface area contributed by atoms with Crippen LogP contribution in [0.15, 0.2) is 40.1 Å². The Hall–Kier alpha value is -2.45. The molecule has 26 heavy (non-hydrogen) atoms. The summed E-state index contributed by atoms with van der Waals surface area (Å²) in [6, 6.07) is 7.59. The van der Waals surface area contributed by atoms with Gasteiger partial charge in [0.2, 0.25) is 11.7 Å². The molecule has 0 unspecified atom stereocenters. The predicted octanol–water partition coefficient (Wildman–Crippen LogP) is 4.66. The molecular formula is C18H16N4O2S2. The average Bonchev–Trinajstić information content (AvgIpc) is 3.25. The lowest BCUT2D eigenvalue weighted by atomic mass is 10.2. The number of thiophene rings is 1. The number of ether oxygens (including phenoxy) is 1. The Morgan fingerprint density at radius 3 is 2.96 bits per heavy atom. The van der Waals surface area contributed by atoms with Crippen molar-refractivity contribution in [3.63, 3.8) is 0 Å². The Bertz CT molecular complexity index is 1070. The van der Waals surface area contributed by atoms with Crippen LogP contribution >= 0.6 is 23.1 Å². The molecule has 0 fully saturated rings. The highest BCUT2D eigenvalue weighted by molar-refractivity contribution is 7.98. The lowest BCUT2D eigenvalue weighted by Gasteiger charge is -2.01. The first-order chi connectivity index (χ1) is 12.7. The number of aryl methyl sites for hydroxylation is 2. The number of thioether (sulfide) groups is 1. The summed E-state index contributed by atoms with van der Waals surface area (Å²) in [6.07, 6.45) is 1.61. The van der Waals surface area contributed by atoms with Crippen molar-refractivity contribution in [1.29, 1.82) is 0 Å². The zero-order valence-corrected chi connectivity index (χ0v) is 16.1. The average molecular weight is 384 g/mol. The Kier molecular flexibility index (Phi) is 4.60. The second-order valence-corrected chi connectivity index (χ2v) is 7.84. The highest BCUT2D eigenvalue weighted by Crippen LogP contribution is 2.35. The highest BCUT2D eigenvalue weighted by atomic mass is 32.2. The molecule has 0 aliphatic carbocycles. The molecule has 0 saturated carbocycles. The lowest BCUT2D eigenvalue weighted by molar-refractivity contribution is 0.391. The van der Waals surface area contributed by atoms with E-state index in [1.165, 1.54) is 10.4 Å². The SMILES string of the molecule is COc1cccc(-c2noc(CSc3ncnc4sc(C)c(C)c34)n2)c1. The van der Waals surface area contributed by atoms with E-state index in [0.717, 1.165) is 26.6 Å². The summed E-state index contributed by atoms with van der Waals surface area (Å²) >= 11 is 3.27. The molecule has 0 amide bonds. The van der Waals surface area contributed by atoms with Crippen LogP contribution in [0.3, 0.4) is 0 Å². The number of fused-ring (bicyclic) bond motifs is 1. The molecule has 3 heterocycles. The zero-order chi connectivity index (χ0) is 18.1. The van der Waals surface area contributed by atoms with Crippen molar-refractivity contribution in [3.05, 3.63) is 46.9 Å². The highest BCUT2D eigenvalue weighted by Gasteiger charge is 2.15. The van der Waals surface area contributed by atoms with Gasteiger partial charge in [-0.2, -0.15) is 4.98 Å². The number of methoxy groups -OCH3 is 1. The summed E-state index contributed by atoms with van der Waals surface area (Å²) in [6.45, 7) is 4.21. The van der Waals surface area contributed by atoms with Crippen LogP contribution in [0.1, 0.15) is 16.3 Å². The van der Waals surface area contributed by atoms with Crippen molar-refractivity contribution >= 4 is 33.3 Å². The maximum absolute atomic E-state index is 5.40. The molecule has 6 nitrogen and oxygen atoms in total. The van der Waals surface area contributed by atoms with Gasteiger partial charge in [0.1, 0.15) is 21.9 Å². The van der Waals surface area contributed by atoms with E-state index in [1.54, 1.807) is 36.5 Å². The number of nitrogens with zero attached hydrogens (tertiary/aromatic N) is 4. The fraction of sp³-hybridized carbons (Fsp3) is 0.222. The number of aromatic nitrogens is 4. The van der Waals surface area contributed by atoms with Crippen LogP contribution in [0, 0.1) is 13.8 Å². The van der Waals surface area contributed by atoms with Gasteiger partial charge in [0.15, 0.2) is 0 Å². The normalized spacial score (nSPS) is 11.2.